The molecule has 1 aromatic rings. The second-order valence-electron chi connectivity index (χ2n) is 4.40. The fourth-order valence-corrected chi connectivity index (χ4v) is 1.71. The number of anilines is 1. The van der Waals surface area contributed by atoms with Crippen LogP contribution in [0, 0.1) is 5.92 Å². The third-order valence-electron chi connectivity index (χ3n) is 2.95. The van der Waals surface area contributed by atoms with E-state index in [1.165, 1.54) is 19.3 Å². The molecule has 0 saturated heterocycles. The highest BCUT2D eigenvalue weighted by Crippen LogP contribution is 2.16. The minimum Gasteiger partial charge on any atom is -0.380 e. The standard InChI is InChI=1S/C12H23N3/c1-5-10(3)7-11(6-2)14-12-8-13-15(4)9-12/h8-11,14H,5-7H2,1-4H3/t10-,11-/m0/s1. The van der Waals surface area contributed by atoms with Crippen molar-refractivity contribution in [2.75, 3.05) is 5.32 Å². The van der Waals surface area contributed by atoms with Crippen LogP contribution in [-0.2, 0) is 7.05 Å². The zero-order valence-electron chi connectivity index (χ0n) is 10.3. The third-order valence-corrected chi connectivity index (χ3v) is 2.95. The monoisotopic (exact) mass is 209 g/mol. The van der Waals surface area contributed by atoms with E-state index in [9.17, 15) is 0 Å². The Kier molecular flexibility index (Phi) is 4.66. The first-order valence-corrected chi connectivity index (χ1v) is 5.90. The van der Waals surface area contributed by atoms with Crippen LogP contribution in [0.5, 0.6) is 0 Å². The molecule has 0 saturated carbocycles. The number of hydrogen-bond donors (Lipinski definition) is 1. The van der Waals surface area contributed by atoms with E-state index in [0.29, 0.717) is 6.04 Å². The number of hydrogen-bond acceptors (Lipinski definition) is 2. The van der Waals surface area contributed by atoms with Gasteiger partial charge in [0.05, 0.1) is 11.9 Å². The molecule has 3 nitrogen and oxygen atoms in total. The molecule has 0 unspecified atom stereocenters. The Bertz CT molecular complexity index is 280. The van der Waals surface area contributed by atoms with Gasteiger partial charge in [-0.25, -0.2) is 0 Å². The van der Waals surface area contributed by atoms with Crippen molar-refractivity contribution in [3.05, 3.63) is 12.4 Å². The number of nitrogens with zero attached hydrogens (tertiary/aromatic N) is 2. The largest absolute Gasteiger partial charge is 0.380 e. The molecule has 1 aromatic heterocycles. The van der Waals surface area contributed by atoms with E-state index in [-0.39, 0.29) is 0 Å². The summed E-state index contributed by atoms with van der Waals surface area (Å²) >= 11 is 0. The van der Waals surface area contributed by atoms with E-state index in [0.717, 1.165) is 11.6 Å². The lowest BCUT2D eigenvalue weighted by Crippen LogP contribution is -2.20. The lowest BCUT2D eigenvalue weighted by Gasteiger charge is -2.20. The van der Waals surface area contributed by atoms with Crippen LogP contribution in [0.25, 0.3) is 0 Å². The zero-order chi connectivity index (χ0) is 11.3. The lowest BCUT2D eigenvalue weighted by atomic mass is 9.98. The van der Waals surface area contributed by atoms with Gasteiger partial charge >= 0.3 is 0 Å². The molecule has 3 heteroatoms. The molecule has 1 heterocycles. The molecule has 0 aliphatic carbocycles. The van der Waals surface area contributed by atoms with Crippen LogP contribution in [0.4, 0.5) is 5.69 Å². The molecule has 0 radical (unpaired) electrons. The van der Waals surface area contributed by atoms with Gasteiger partial charge in [-0.15, -0.1) is 0 Å². The van der Waals surface area contributed by atoms with Crippen molar-refractivity contribution in [2.45, 2.75) is 46.1 Å². The van der Waals surface area contributed by atoms with Crippen molar-refractivity contribution in [2.24, 2.45) is 13.0 Å². The van der Waals surface area contributed by atoms with Crippen LogP contribution >= 0.6 is 0 Å². The van der Waals surface area contributed by atoms with E-state index in [4.69, 9.17) is 0 Å². The third kappa shape index (κ3) is 3.94. The minimum atomic E-state index is 0.573. The van der Waals surface area contributed by atoms with Crippen molar-refractivity contribution >= 4 is 5.69 Å². The molecular formula is C12H23N3. The molecule has 1 rings (SSSR count). The molecule has 1 N–H and O–H groups in total. The van der Waals surface area contributed by atoms with E-state index < -0.39 is 0 Å². The van der Waals surface area contributed by atoms with Gasteiger partial charge in [-0.3, -0.25) is 4.68 Å². The Morgan fingerprint density at radius 1 is 1.40 bits per heavy atom. The Morgan fingerprint density at radius 3 is 2.60 bits per heavy atom. The van der Waals surface area contributed by atoms with Gasteiger partial charge in [-0.1, -0.05) is 27.2 Å². The minimum absolute atomic E-state index is 0.573. The van der Waals surface area contributed by atoms with Gasteiger partial charge in [0, 0.05) is 19.3 Å². The summed E-state index contributed by atoms with van der Waals surface area (Å²) in [5.41, 5.74) is 1.13. The summed E-state index contributed by atoms with van der Waals surface area (Å²) in [6.07, 6.45) is 7.57. The summed E-state index contributed by atoms with van der Waals surface area (Å²) < 4.78 is 1.83. The maximum Gasteiger partial charge on any atom is 0.0728 e. The van der Waals surface area contributed by atoms with Crippen LogP contribution < -0.4 is 5.32 Å². The Morgan fingerprint density at radius 2 is 2.13 bits per heavy atom. The Balaban J connectivity index is 2.46. The van der Waals surface area contributed by atoms with Gasteiger partial charge in [0.15, 0.2) is 0 Å². The van der Waals surface area contributed by atoms with Crippen LogP contribution in [-0.4, -0.2) is 15.8 Å². The van der Waals surface area contributed by atoms with E-state index in [1.54, 1.807) is 0 Å². The summed E-state index contributed by atoms with van der Waals surface area (Å²) in [6, 6.07) is 0.573. The quantitative estimate of drug-likeness (QED) is 0.780. The maximum absolute atomic E-state index is 4.16. The molecular weight excluding hydrogens is 186 g/mol. The topological polar surface area (TPSA) is 29.9 Å². The highest BCUT2D eigenvalue weighted by Gasteiger charge is 2.10. The molecule has 0 aromatic carbocycles. The van der Waals surface area contributed by atoms with Crippen molar-refractivity contribution in [3.63, 3.8) is 0 Å². The van der Waals surface area contributed by atoms with Gasteiger partial charge in [0.1, 0.15) is 0 Å². The molecule has 0 amide bonds. The van der Waals surface area contributed by atoms with Crippen LogP contribution in [0.15, 0.2) is 12.4 Å². The van der Waals surface area contributed by atoms with E-state index in [1.807, 2.05) is 24.1 Å². The molecule has 0 aliphatic rings. The molecule has 86 valence electrons. The zero-order valence-corrected chi connectivity index (χ0v) is 10.3. The average Bonchev–Trinajstić information content (AvgIpc) is 2.62. The summed E-state index contributed by atoms with van der Waals surface area (Å²) in [7, 11) is 1.95. The summed E-state index contributed by atoms with van der Waals surface area (Å²) in [5, 5.41) is 7.69. The molecule has 0 spiro atoms. The second kappa shape index (κ2) is 5.79. The second-order valence-corrected chi connectivity index (χ2v) is 4.40. The lowest BCUT2D eigenvalue weighted by molar-refractivity contribution is 0.462. The molecule has 15 heavy (non-hydrogen) atoms. The average molecular weight is 209 g/mol. The van der Waals surface area contributed by atoms with Crippen LogP contribution in [0.2, 0.25) is 0 Å². The normalized spacial score (nSPS) is 14.9. The van der Waals surface area contributed by atoms with Gasteiger partial charge in [0.2, 0.25) is 0 Å². The Hall–Kier alpha value is -0.990. The summed E-state index contributed by atoms with van der Waals surface area (Å²) in [5.74, 6) is 0.791. The van der Waals surface area contributed by atoms with E-state index >= 15 is 0 Å². The molecule has 0 aliphatic heterocycles. The van der Waals surface area contributed by atoms with Crippen molar-refractivity contribution < 1.29 is 0 Å². The van der Waals surface area contributed by atoms with Crippen molar-refractivity contribution in [3.8, 4) is 0 Å². The predicted octanol–water partition coefficient (Wildman–Crippen LogP) is 3.05. The van der Waals surface area contributed by atoms with E-state index in [2.05, 4.69) is 31.2 Å². The number of aryl methyl sites for hydroxylation is 1. The van der Waals surface area contributed by atoms with Gasteiger partial charge in [-0.2, -0.15) is 5.10 Å². The summed E-state index contributed by atoms with van der Waals surface area (Å²) in [4.78, 5) is 0. The Labute approximate surface area is 92.9 Å². The molecule has 2 atom stereocenters. The smallest absolute Gasteiger partial charge is 0.0728 e. The van der Waals surface area contributed by atoms with Gasteiger partial charge in [-0.05, 0) is 18.8 Å². The molecule has 0 fully saturated rings. The maximum atomic E-state index is 4.16. The fraction of sp³-hybridized carbons (Fsp3) is 0.750. The first-order valence-electron chi connectivity index (χ1n) is 5.90. The first kappa shape index (κ1) is 12.1. The van der Waals surface area contributed by atoms with Crippen LogP contribution in [0.1, 0.15) is 40.0 Å². The van der Waals surface area contributed by atoms with Gasteiger partial charge < -0.3 is 5.32 Å². The first-order chi connectivity index (χ1) is 7.15. The van der Waals surface area contributed by atoms with Gasteiger partial charge in [0.25, 0.3) is 0 Å². The number of aromatic nitrogens is 2. The highest BCUT2D eigenvalue weighted by atomic mass is 15.3. The SMILES string of the molecule is CC[C@H](C)C[C@H](CC)Nc1cnn(C)c1. The van der Waals surface area contributed by atoms with Crippen LogP contribution in [0.3, 0.4) is 0 Å². The highest BCUT2D eigenvalue weighted by molar-refractivity contribution is 5.39. The number of rotatable bonds is 6. The number of nitrogens with one attached hydrogen (secondary N) is 1. The molecule has 0 bridgehead atoms. The summed E-state index contributed by atoms with van der Waals surface area (Å²) in [6.45, 7) is 6.80. The van der Waals surface area contributed by atoms with Crippen molar-refractivity contribution in [1.82, 2.24) is 9.78 Å². The fourth-order valence-electron chi connectivity index (χ4n) is 1.71. The predicted molar refractivity (Wildman–Crippen MR) is 65.0 cm³/mol. The van der Waals surface area contributed by atoms with Crippen molar-refractivity contribution in [1.29, 1.82) is 0 Å².